The Hall–Kier alpha value is -3.73. The van der Waals surface area contributed by atoms with Crippen molar-refractivity contribution in [1.82, 2.24) is 24.7 Å². The van der Waals surface area contributed by atoms with Crippen LogP contribution in [0.4, 0.5) is 10.6 Å². The molecule has 5 rings (SSSR count). The van der Waals surface area contributed by atoms with Crippen molar-refractivity contribution in [2.75, 3.05) is 64.3 Å². The Morgan fingerprint density at radius 2 is 1.74 bits per heavy atom. The number of rotatable bonds is 8. The Kier molecular flexibility index (Phi) is 8.64. The van der Waals surface area contributed by atoms with Crippen molar-refractivity contribution in [2.24, 2.45) is 0 Å². The number of nitrogens with one attached hydrogen (secondary N) is 2. The van der Waals surface area contributed by atoms with Gasteiger partial charge < -0.3 is 24.7 Å². The van der Waals surface area contributed by atoms with Crippen LogP contribution >= 0.6 is 0 Å². The molecule has 200 valence electrons. The summed E-state index contributed by atoms with van der Waals surface area (Å²) in [5.41, 5.74) is 2.93. The number of carbonyl (C=O) groups is 2. The third-order valence-electron chi connectivity index (χ3n) is 6.90. The Bertz CT molecular complexity index is 1170. The molecule has 10 heteroatoms. The number of morpholine rings is 1. The molecule has 0 saturated carbocycles. The van der Waals surface area contributed by atoms with Crippen molar-refractivity contribution in [1.29, 1.82) is 0 Å². The lowest BCUT2D eigenvalue weighted by molar-refractivity contribution is 0.0342. The number of hydrogen-bond acceptors (Lipinski definition) is 7. The van der Waals surface area contributed by atoms with Gasteiger partial charge in [-0.15, -0.1) is 0 Å². The van der Waals surface area contributed by atoms with E-state index in [1.54, 1.807) is 17.0 Å². The highest BCUT2D eigenvalue weighted by Gasteiger charge is 2.22. The number of anilines is 1. The van der Waals surface area contributed by atoms with Gasteiger partial charge in [-0.25, -0.2) is 9.78 Å². The Balaban J connectivity index is 1.05. The zero-order chi connectivity index (χ0) is 26.2. The largest absolute Gasteiger partial charge is 0.415 e. The molecule has 0 spiro atoms. The second-order valence-corrected chi connectivity index (χ2v) is 9.56. The van der Waals surface area contributed by atoms with Gasteiger partial charge in [-0.3, -0.25) is 14.6 Å². The maximum Gasteiger partial charge on any atom is 0.415 e. The molecule has 0 radical (unpaired) electrons. The van der Waals surface area contributed by atoms with Crippen molar-refractivity contribution in [3.05, 3.63) is 77.7 Å². The fourth-order valence-corrected chi connectivity index (χ4v) is 4.60. The minimum atomic E-state index is -0.384. The standard InChI is InChI=1S/C28H34N6O4/c35-27(23-5-3-22(4-6-23)21-33-16-18-37-19-17-33)31-26-8-7-25(20-30-26)38-28(36)34-14-12-32(13-15-34)11-9-24-2-1-10-29-24/h1-8,10,20,29H,9,11-19,21H2,(H,30,31,35). The van der Waals surface area contributed by atoms with Gasteiger partial charge in [-0.2, -0.15) is 0 Å². The molecule has 0 unspecified atom stereocenters. The van der Waals surface area contributed by atoms with Crippen LogP contribution in [0.25, 0.3) is 0 Å². The molecule has 0 bridgehead atoms. The first kappa shape index (κ1) is 25.9. The van der Waals surface area contributed by atoms with E-state index in [2.05, 4.69) is 31.2 Å². The molecule has 3 aromatic rings. The van der Waals surface area contributed by atoms with E-state index in [9.17, 15) is 9.59 Å². The zero-order valence-electron chi connectivity index (χ0n) is 21.5. The summed E-state index contributed by atoms with van der Waals surface area (Å²) >= 11 is 0. The highest BCUT2D eigenvalue weighted by Crippen LogP contribution is 2.16. The minimum absolute atomic E-state index is 0.241. The fraction of sp³-hybridized carbons (Fsp3) is 0.393. The Morgan fingerprint density at radius 1 is 0.947 bits per heavy atom. The average molecular weight is 519 g/mol. The van der Waals surface area contributed by atoms with Gasteiger partial charge >= 0.3 is 6.09 Å². The number of benzene rings is 1. The van der Waals surface area contributed by atoms with Crippen molar-refractivity contribution in [3.63, 3.8) is 0 Å². The number of amides is 2. The number of aromatic nitrogens is 2. The van der Waals surface area contributed by atoms with Crippen LogP contribution in [0.2, 0.25) is 0 Å². The molecule has 2 amide bonds. The first-order chi connectivity index (χ1) is 18.6. The highest BCUT2D eigenvalue weighted by molar-refractivity contribution is 6.03. The molecule has 38 heavy (non-hydrogen) atoms. The van der Waals surface area contributed by atoms with E-state index < -0.39 is 0 Å². The van der Waals surface area contributed by atoms with Crippen LogP contribution in [0.15, 0.2) is 60.9 Å². The Morgan fingerprint density at radius 3 is 2.42 bits per heavy atom. The summed E-state index contributed by atoms with van der Waals surface area (Å²) < 4.78 is 10.9. The van der Waals surface area contributed by atoms with Gasteiger partial charge in [0, 0.05) is 76.2 Å². The molecule has 10 nitrogen and oxygen atoms in total. The van der Waals surface area contributed by atoms with E-state index in [0.29, 0.717) is 30.2 Å². The van der Waals surface area contributed by atoms with Gasteiger partial charge in [0.25, 0.3) is 5.91 Å². The van der Waals surface area contributed by atoms with Crippen LogP contribution in [0.5, 0.6) is 5.75 Å². The summed E-state index contributed by atoms with van der Waals surface area (Å²) in [5, 5.41) is 2.79. The number of hydrogen-bond donors (Lipinski definition) is 2. The summed E-state index contributed by atoms with van der Waals surface area (Å²) in [5.74, 6) is 0.492. The van der Waals surface area contributed by atoms with E-state index in [1.807, 2.05) is 36.5 Å². The molecule has 2 aliphatic heterocycles. The molecule has 1 aromatic carbocycles. The molecular formula is C28H34N6O4. The SMILES string of the molecule is O=C(Nc1ccc(OC(=O)N2CCN(CCc3ccc[nH]3)CC2)cn1)c1ccc(CN2CCOCC2)cc1. The first-order valence-corrected chi connectivity index (χ1v) is 13.1. The lowest BCUT2D eigenvalue weighted by Gasteiger charge is -2.33. The van der Waals surface area contributed by atoms with Crippen molar-refractivity contribution in [2.45, 2.75) is 13.0 Å². The molecule has 2 aliphatic rings. The molecule has 2 N–H and O–H groups in total. The third-order valence-corrected chi connectivity index (χ3v) is 6.90. The summed E-state index contributed by atoms with van der Waals surface area (Å²) in [6.45, 7) is 8.04. The van der Waals surface area contributed by atoms with Crippen molar-refractivity contribution in [3.8, 4) is 5.75 Å². The van der Waals surface area contributed by atoms with Crippen molar-refractivity contribution < 1.29 is 19.1 Å². The van der Waals surface area contributed by atoms with Crippen LogP contribution in [0.1, 0.15) is 21.6 Å². The van der Waals surface area contributed by atoms with Crippen LogP contribution in [0.3, 0.4) is 0 Å². The normalized spacial score (nSPS) is 16.8. The lowest BCUT2D eigenvalue weighted by Crippen LogP contribution is -2.49. The van der Waals surface area contributed by atoms with E-state index in [-0.39, 0.29) is 12.0 Å². The van der Waals surface area contributed by atoms with E-state index in [4.69, 9.17) is 9.47 Å². The molecule has 0 aliphatic carbocycles. The first-order valence-electron chi connectivity index (χ1n) is 13.1. The van der Waals surface area contributed by atoms with Gasteiger partial charge in [0.1, 0.15) is 5.82 Å². The topological polar surface area (TPSA) is 103 Å². The molecule has 2 fully saturated rings. The van der Waals surface area contributed by atoms with Crippen LogP contribution < -0.4 is 10.1 Å². The molecule has 4 heterocycles. The summed E-state index contributed by atoms with van der Waals surface area (Å²) in [4.78, 5) is 39.1. The van der Waals surface area contributed by atoms with Gasteiger partial charge in [0.15, 0.2) is 5.75 Å². The fourth-order valence-electron chi connectivity index (χ4n) is 4.60. The maximum atomic E-state index is 12.6. The predicted octanol–water partition coefficient (Wildman–Crippen LogP) is 2.85. The van der Waals surface area contributed by atoms with E-state index in [1.165, 1.54) is 11.9 Å². The zero-order valence-corrected chi connectivity index (χ0v) is 21.5. The second kappa shape index (κ2) is 12.7. The van der Waals surface area contributed by atoms with Crippen LogP contribution in [-0.4, -0.2) is 95.7 Å². The van der Waals surface area contributed by atoms with Crippen molar-refractivity contribution >= 4 is 17.8 Å². The highest BCUT2D eigenvalue weighted by atomic mass is 16.6. The van der Waals surface area contributed by atoms with E-state index >= 15 is 0 Å². The third kappa shape index (κ3) is 7.18. The van der Waals surface area contributed by atoms with Gasteiger partial charge in [-0.05, 0) is 42.0 Å². The summed E-state index contributed by atoms with van der Waals surface area (Å²) in [7, 11) is 0. The number of piperazine rings is 1. The average Bonchev–Trinajstić information content (AvgIpc) is 3.48. The summed E-state index contributed by atoms with van der Waals surface area (Å²) in [6.07, 6.45) is 3.97. The quantitative estimate of drug-likeness (QED) is 0.473. The Labute approximate surface area is 222 Å². The number of carbonyl (C=O) groups excluding carboxylic acids is 2. The van der Waals surface area contributed by atoms with Gasteiger partial charge in [0.05, 0.1) is 19.4 Å². The number of H-pyrrole nitrogens is 1. The smallest absolute Gasteiger partial charge is 0.409 e. The molecule has 0 atom stereocenters. The predicted molar refractivity (Wildman–Crippen MR) is 143 cm³/mol. The van der Waals surface area contributed by atoms with Gasteiger partial charge in [-0.1, -0.05) is 12.1 Å². The number of nitrogens with zero attached hydrogens (tertiary/aromatic N) is 4. The second-order valence-electron chi connectivity index (χ2n) is 9.56. The maximum absolute atomic E-state index is 12.6. The lowest BCUT2D eigenvalue weighted by atomic mass is 10.1. The van der Waals surface area contributed by atoms with E-state index in [0.717, 1.165) is 64.5 Å². The van der Waals surface area contributed by atoms with Crippen LogP contribution in [0, 0.1) is 0 Å². The number of pyridine rings is 1. The molecular weight excluding hydrogens is 484 g/mol. The van der Waals surface area contributed by atoms with Crippen LogP contribution in [-0.2, 0) is 17.7 Å². The number of ether oxygens (including phenoxy) is 2. The molecule has 2 aromatic heterocycles. The minimum Gasteiger partial charge on any atom is -0.409 e. The van der Waals surface area contributed by atoms with Gasteiger partial charge in [0.2, 0.25) is 0 Å². The molecule has 2 saturated heterocycles. The summed E-state index contributed by atoms with van der Waals surface area (Å²) in [6, 6.07) is 14.9. The monoisotopic (exact) mass is 518 g/mol. The number of aromatic amines is 1.